The second kappa shape index (κ2) is 8.04. The minimum absolute atomic E-state index is 0. The van der Waals surface area contributed by atoms with Crippen LogP contribution in [0.2, 0.25) is 5.02 Å². The van der Waals surface area contributed by atoms with Crippen LogP contribution in [0, 0.1) is 0 Å². The Bertz CT molecular complexity index is 728. The molecule has 4 N–H and O–H groups in total. The molecule has 3 rings (SSSR count). The molecule has 0 radical (unpaired) electrons. The molecule has 0 aromatic heterocycles. The number of anilines is 1. The summed E-state index contributed by atoms with van der Waals surface area (Å²) in [6.45, 7) is 0. The number of rotatable bonds is 4. The van der Waals surface area contributed by atoms with Gasteiger partial charge in [0.25, 0.3) is 0 Å². The molecule has 24 heavy (non-hydrogen) atoms. The van der Waals surface area contributed by atoms with Crippen molar-refractivity contribution in [3.63, 3.8) is 0 Å². The highest BCUT2D eigenvalue weighted by Crippen LogP contribution is 2.24. The maximum Gasteiger partial charge on any atom is 0.220 e. The topological polar surface area (TPSA) is 80.0 Å². The lowest BCUT2D eigenvalue weighted by Crippen LogP contribution is -2.48. The van der Waals surface area contributed by atoms with Crippen molar-refractivity contribution >= 4 is 41.6 Å². The van der Waals surface area contributed by atoms with Crippen molar-refractivity contribution in [3.8, 4) is 0 Å². The molecule has 1 aliphatic rings. The molecule has 0 spiro atoms. The monoisotopic (exact) mass is 363 g/mol. The molecule has 2 aromatic rings. The molecule has 0 fully saturated rings. The van der Waals surface area contributed by atoms with Crippen LogP contribution in [0.4, 0.5) is 5.69 Å². The van der Waals surface area contributed by atoms with E-state index in [1.807, 2.05) is 47.4 Å². The summed E-state index contributed by atoms with van der Waals surface area (Å²) in [7, 11) is 0. The molecular weight excluding hydrogens is 345 g/mol. The lowest BCUT2D eigenvalue weighted by molar-refractivity contribution is 0.623. The normalized spacial score (nSPS) is 16.9. The highest BCUT2D eigenvalue weighted by Gasteiger charge is 2.25. The van der Waals surface area contributed by atoms with E-state index in [-0.39, 0.29) is 24.5 Å². The summed E-state index contributed by atoms with van der Waals surface area (Å²) in [5.74, 6) is 0.559. The number of halogens is 2. The Morgan fingerprint density at radius 2 is 1.67 bits per heavy atom. The Labute approximate surface area is 152 Å². The van der Waals surface area contributed by atoms with Gasteiger partial charge in [0, 0.05) is 10.7 Å². The Morgan fingerprint density at radius 1 is 1.00 bits per heavy atom. The van der Waals surface area contributed by atoms with Gasteiger partial charge in [0.05, 0.1) is 0 Å². The Balaban J connectivity index is 0.00000208. The lowest BCUT2D eigenvalue weighted by Gasteiger charge is -2.32. The molecule has 0 aliphatic carbocycles. The molecule has 0 saturated carbocycles. The summed E-state index contributed by atoms with van der Waals surface area (Å²) in [6.07, 6.45) is 1.47. The highest BCUT2D eigenvalue weighted by atomic mass is 35.5. The van der Waals surface area contributed by atoms with Gasteiger partial charge in [-0.1, -0.05) is 41.9 Å². The molecule has 1 atom stereocenters. The van der Waals surface area contributed by atoms with Gasteiger partial charge in [-0.05, 0) is 42.7 Å². The summed E-state index contributed by atoms with van der Waals surface area (Å²) < 4.78 is 0. The fourth-order valence-corrected chi connectivity index (χ4v) is 2.73. The van der Waals surface area contributed by atoms with Gasteiger partial charge in [-0.25, -0.2) is 4.99 Å². The van der Waals surface area contributed by atoms with Gasteiger partial charge in [0.15, 0.2) is 0 Å². The first-order valence-corrected chi connectivity index (χ1v) is 7.77. The van der Waals surface area contributed by atoms with Crippen molar-refractivity contribution in [1.82, 2.24) is 0 Å². The number of aryl methyl sites for hydroxylation is 1. The van der Waals surface area contributed by atoms with Crippen LogP contribution >= 0.6 is 24.0 Å². The first-order chi connectivity index (χ1) is 11.1. The average Bonchev–Trinajstić information content (AvgIpc) is 2.55. The molecule has 0 bridgehead atoms. The minimum atomic E-state index is -0.186. The van der Waals surface area contributed by atoms with Crippen LogP contribution in [0.1, 0.15) is 12.0 Å². The fourth-order valence-electron chi connectivity index (χ4n) is 2.60. The van der Waals surface area contributed by atoms with E-state index in [0.29, 0.717) is 11.0 Å². The van der Waals surface area contributed by atoms with E-state index in [0.717, 1.165) is 18.5 Å². The number of guanidine groups is 2. The van der Waals surface area contributed by atoms with E-state index in [1.165, 1.54) is 5.56 Å². The Hall–Kier alpha value is -2.24. The van der Waals surface area contributed by atoms with Crippen LogP contribution in [0.3, 0.4) is 0 Å². The molecule has 126 valence electrons. The molecule has 2 aromatic carbocycles. The van der Waals surface area contributed by atoms with Crippen molar-refractivity contribution in [1.29, 1.82) is 0 Å². The predicted octanol–water partition coefficient (Wildman–Crippen LogP) is 3.17. The number of nitrogens with zero attached hydrogens (tertiary/aromatic N) is 3. The minimum Gasteiger partial charge on any atom is -0.369 e. The van der Waals surface area contributed by atoms with E-state index in [1.54, 1.807) is 0 Å². The van der Waals surface area contributed by atoms with Crippen molar-refractivity contribution in [2.75, 3.05) is 4.90 Å². The van der Waals surface area contributed by atoms with Crippen LogP contribution in [0.15, 0.2) is 64.6 Å². The van der Waals surface area contributed by atoms with E-state index < -0.39 is 0 Å². The van der Waals surface area contributed by atoms with Crippen LogP contribution in [-0.2, 0) is 6.42 Å². The van der Waals surface area contributed by atoms with Crippen molar-refractivity contribution in [2.24, 2.45) is 21.5 Å². The van der Waals surface area contributed by atoms with Crippen LogP contribution < -0.4 is 16.4 Å². The third-order valence-electron chi connectivity index (χ3n) is 3.69. The maximum absolute atomic E-state index is 6.08. The van der Waals surface area contributed by atoms with E-state index >= 15 is 0 Å². The second-order valence-electron chi connectivity index (χ2n) is 5.31. The zero-order chi connectivity index (χ0) is 16.2. The lowest BCUT2D eigenvalue weighted by atomic mass is 10.1. The van der Waals surface area contributed by atoms with Gasteiger partial charge in [0.2, 0.25) is 11.9 Å². The number of benzene rings is 2. The Morgan fingerprint density at radius 3 is 2.33 bits per heavy atom. The summed E-state index contributed by atoms with van der Waals surface area (Å²) in [5, 5.41) is 0.671. The number of nitrogens with two attached hydrogens (primary N) is 2. The molecule has 1 heterocycles. The average molecular weight is 364 g/mol. The smallest absolute Gasteiger partial charge is 0.220 e. The highest BCUT2D eigenvalue weighted by molar-refractivity contribution is 6.30. The molecule has 5 nitrogen and oxygen atoms in total. The summed E-state index contributed by atoms with van der Waals surface area (Å²) in [6, 6.07) is 17.7. The third kappa shape index (κ3) is 4.19. The fraction of sp³-hybridized carbons (Fsp3) is 0.176. The largest absolute Gasteiger partial charge is 0.369 e. The van der Waals surface area contributed by atoms with Gasteiger partial charge in [-0.15, -0.1) is 12.4 Å². The van der Waals surface area contributed by atoms with Gasteiger partial charge < -0.3 is 11.5 Å². The summed E-state index contributed by atoms with van der Waals surface area (Å²) >= 11 is 5.96. The zero-order valence-electron chi connectivity index (χ0n) is 13.0. The number of hydrogen-bond donors (Lipinski definition) is 2. The molecular formula is C17H19Cl2N5. The maximum atomic E-state index is 6.08. The van der Waals surface area contributed by atoms with Gasteiger partial charge in [0.1, 0.15) is 6.17 Å². The third-order valence-corrected chi connectivity index (χ3v) is 3.95. The quantitative estimate of drug-likeness (QED) is 0.875. The standard InChI is InChI=1S/C17H18ClN5.ClH/c18-13-7-9-14(10-8-13)23-15(21-16(19)22-17(23)20)11-6-12-4-2-1-3-5-12;/h1-5,7-10,15H,6,11H2,(H4,19,20,21,22);1H. The van der Waals surface area contributed by atoms with Crippen molar-refractivity contribution < 1.29 is 0 Å². The summed E-state index contributed by atoms with van der Waals surface area (Å²) in [5.41, 5.74) is 14.0. The Kier molecular flexibility index (Phi) is 6.06. The molecule has 0 saturated heterocycles. The first kappa shape index (κ1) is 18.1. The van der Waals surface area contributed by atoms with Crippen LogP contribution in [0.25, 0.3) is 0 Å². The van der Waals surface area contributed by atoms with Gasteiger partial charge >= 0.3 is 0 Å². The second-order valence-corrected chi connectivity index (χ2v) is 5.75. The molecule has 7 heteroatoms. The van der Waals surface area contributed by atoms with Crippen LogP contribution in [0.5, 0.6) is 0 Å². The van der Waals surface area contributed by atoms with E-state index in [2.05, 4.69) is 22.1 Å². The van der Waals surface area contributed by atoms with Crippen molar-refractivity contribution in [3.05, 3.63) is 65.2 Å². The van der Waals surface area contributed by atoms with Crippen LogP contribution in [-0.4, -0.2) is 18.1 Å². The van der Waals surface area contributed by atoms with E-state index in [4.69, 9.17) is 23.1 Å². The molecule has 1 unspecified atom stereocenters. The van der Waals surface area contributed by atoms with Crippen molar-refractivity contribution in [2.45, 2.75) is 19.0 Å². The van der Waals surface area contributed by atoms with Gasteiger partial charge in [-0.3, -0.25) is 4.90 Å². The number of aliphatic imine (C=N–C) groups is 2. The van der Waals surface area contributed by atoms with Gasteiger partial charge in [-0.2, -0.15) is 4.99 Å². The summed E-state index contributed by atoms with van der Waals surface area (Å²) in [4.78, 5) is 10.4. The molecule has 1 aliphatic heterocycles. The SMILES string of the molecule is Cl.NC1=NC(CCc2ccccc2)N(c2ccc(Cl)cc2)C(N)=N1. The van der Waals surface area contributed by atoms with E-state index in [9.17, 15) is 0 Å². The first-order valence-electron chi connectivity index (χ1n) is 7.39. The predicted molar refractivity (Wildman–Crippen MR) is 103 cm³/mol. The zero-order valence-corrected chi connectivity index (χ0v) is 14.5. The number of hydrogen-bond acceptors (Lipinski definition) is 5. The molecule has 0 amide bonds.